The summed E-state index contributed by atoms with van der Waals surface area (Å²) >= 11 is 0. The third kappa shape index (κ3) is 35.2. The first-order valence-corrected chi connectivity index (χ1v) is 21.7. The summed E-state index contributed by atoms with van der Waals surface area (Å²) in [6, 6.07) is 0. The Kier molecular flexibility index (Phi) is 31.1. The summed E-state index contributed by atoms with van der Waals surface area (Å²) in [6.45, 7) is 6.76. The lowest BCUT2D eigenvalue weighted by atomic mass is 9.99. The van der Waals surface area contributed by atoms with E-state index in [1.54, 1.807) is 0 Å². The molecule has 0 heterocycles. The van der Waals surface area contributed by atoms with E-state index in [1.807, 2.05) is 21.1 Å². The third-order valence-electron chi connectivity index (χ3n) is 9.18. The largest absolute Gasteiger partial charge is 0.472 e. The maximum atomic E-state index is 12.6. The number of likely N-dealkylation sites (N-methyl/N-ethyl adjacent to an activating group) is 1. The van der Waals surface area contributed by atoms with Crippen LogP contribution in [-0.4, -0.2) is 74.9 Å². The van der Waals surface area contributed by atoms with Crippen LogP contribution >= 0.6 is 7.82 Å². The molecule has 0 bridgehead atoms. The predicted molar refractivity (Wildman–Crippen MR) is 201 cm³/mol. The molecule has 0 spiro atoms. The van der Waals surface area contributed by atoms with Crippen molar-refractivity contribution in [1.29, 1.82) is 0 Å². The number of hydrogen-bond acceptors (Lipinski definition) is 7. The molecule has 0 aromatic rings. The lowest BCUT2D eigenvalue weighted by Crippen LogP contribution is -2.37. The van der Waals surface area contributed by atoms with Gasteiger partial charge in [-0.25, -0.2) is 4.57 Å². The van der Waals surface area contributed by atoms with Crippen molar-refractivity contribution in [3.05, 3.63) is 0 Å². The van der Waals surface area contributed by atoms with Crippen molar-refractivity contribution in [3.8, 4) is 0 Å². The van der Waals surface area contributed by atoms with Crippen LogP contribution in [0.1, 0.15) is 181 Å². The molecule has 3 atom stereocenters. The van der Waals surface area contributed by atoms with Gasteiger partial charge in [-0.05, 0) is 18.8 Å². The van der Waals surface area contributed by atoms with Gasteiger partial charge < -0.3 is 18.9 Å². The van der Waals surface area contributed by atoms with E-state index in [0.717, 1.165) is 38.0 Å². The highest BCUT2D eigenvalue weighted by molar-refractivity contribution is 7.47. The zero-order valence-electron chi connectivity index (χ0n) is 32.9. The van der Waals surface area contributed by atoms with E-state index in [9.17, 15) is 19.0 Å². The molecular formula is C39H79NO8P+. The van der Waals surface area contributed by atoms with Gasteiger partial charge in [0.25, 0.3) is 0 Å². The Balaban J connectivity index is 4.40. The molecule has 10 heteroatoms. The van der Waals surface area contributed by atoms with Crippen LogP contribution in [-0.2, 0) is 32.7 Å². The average Bonchev–Trinajstić information content (AvgIpc) is 3.04. The van der Waals surface area contributed by atoms with Gasteiger partial charge in [0, 0.05) is 12.8 Å². The van der Waals surface area contributed by atoms with Crippen molar-refractivity contribution in [2.75, 3.05) is 47.5 Å². The van der Waals surface area contributed by atoms with E-state index in [0.29, 0.717) is 23.9 Å². The number of esters is 2. The minimum Gasteiger partial charge on any atom is -0.462 e. The van der Waals surface area contributed by atoms with Crippen LogP contribution in [0.3, 0.4) is 0 Å². The standard InChI is InChI=1S/C39H78NO8P/c1-7-9-10-11-12-13-14-15-16-17-21-24-27-30-38(41)45-34-37(35-47-49(43,44)46-33-32-40(4,5)6)48-39(42)31-28-25-22-19-18-20-23-26-29-36(3)8-2/h36-37H,7-35H2,1-6H3/p+1/t36-,37-/m1/s1. The van der Waals surface area contributed by atoms with Crippen molar-refractivity contribution in [3.63, 3.8) is 0 Å². The summed E-state index contributed by atoms with van der Waals surface area (Å²) in [5, 5.41) is 0. The minimum atomic E-state index is -4.36. The van der Waals surface area contributed by atoms with Crippen molar-refractivity contribution >= 4 is 19.8 Å². The van der Waals surface area contributed by atoms with Crippen LogP contribution < -0.4 is 0 Å². The molecule has 0 fully saturated rings. The van der Waals surface area contributed by atoms with Gasteiger partial charge in [0.15, 0.2) is 6.10 Å². The van der Waals surface area contributed by atoms with Crippen molar-refractivity contribution in [2.45, 2.75) is 187 Å². The zero-order valence-corrected chi connectivity index (χ0v) is 33.8. The van der Waals surface area contributed by atoms with Gasteiger partial charge in [-0.1, -0.05) is 156 Å². The van der Waals surface area contributed by atoms with Gasteiger partial charge in [0.05, 0.1) is 27.7 Å². The van der Waals surface area contributed by atoms with Crippen molar-refractivity contribution < 1.29 is 42.1 Å². The second kappa shape index (κ2) is 31.7. The van der Waals surface area contributed by atoms with E-state index >= 15 is 0 Å². The van der Waals surface area contributed by atoms with E-state index < -0.39 is 26.5 Å². The van der Waals surface area contributed by atoms with Gasteiger partial charge in [-0.15, -0.1) is 0 Å². The molecule has 1 unspecified atom stereocenters. The summed E-state index contributed by atoms with van der Waals surface area (Å²) in [5.41, 5.74) is 0. The molecule has 9 nitrogen and oxygen atoms in total. The second-order valence-electron chi connectivity index (χ2n) is 15.3. The van der Waals surface area contributed by atoms with Crippen molar-refractivity contribution in [1.82, 2.24) is 0 Å². The van der Waals surface area contributed by atoms with Crippen LogP contribution in [0.4, 0.5) is 0 Å². The molecule has 1 N–H and O–H groups in total. The molecule has 0 rings (SSSR count). The molecule has 0 amide bonds. The number of quaternary nitrogens is 1. The van der Waals surface area contributed by atoms with E-state index in [-0.39, 0.29) is 25.6 Å². The van der Waals surface area contributed by atoms with Crippen LogP contribution in [0.2, 0.25) is 0 Å². The first-order valence-electron chi connectivity index (χ1n) is 20.2. The van der Waals surface area contributed by atoms with E-state index in [4.69, 9.17) is 18.5 Å². The average molecular weight is 721 g/mol. The van der Waals surface area contributed by atoms with Crippen LogP contribution in [0, 0.1) is 5.92 Å². The summed E-state index contributed by atoms with van der Waals surface area (Å²) in [6.07, 6.45) is 27.1. The van der Waals surface area contributed by atoms with Gasteiger partial charge in [-0.3, -0.25) is 18.6 Å². The number of ether oxygens (including phenoxy) is 2. The molecular weight excluding hydrogens is 641 g/mol. The Hall–Kier alpha value is -0.990. The molecule has 0 aromatic carbocycles. The number of rotatable bonds is 36. The fourth-order valence-corrected chi connectivity index (χ4v) is 6.32. The van der Waals surface area contributed by atoms with Crippen LogP contribution in [0.15, 0.2) is 0 Å². The number of phosphoric acid groups is 1. The smallest absolute Gasteiger partial charge is 0.462 e. The molecule has 0 aliphatic rings. The summed E-state index contributed by atoms with van der Waals surface area (Å²) < 4.78 is 34.2. The quantitative estimate of drug-likeness (QED) is 0.0295. The highest BCUT2D eigenvalue weighted by Gasteiger charge is 2.27. The molecule has 0 aliphatic carbocycles. The Bertz CT molecular complexity index is 834. The fourth-order valence-electron chi connectivity index (χ4n) is 5.58. The number of phosphoric ester groups is 1. The predicted octanol–water partition coefficient (Wildman–Crippen LogP) is 10.7. The highest BCUT2D eigenvalue weighted by atomic mass is 31.2. The molecule has 0 saturated carbocycles. The Morgan fingerprint density at radius 1 is 0.633 bits per heavy atom. The second-order valence-corrected chi connectivity index (χ2v) is 16.7. The number of carbonyl (C=O) groups excluding carboxylic acids is 2. The highest BCUT2D eigenvalue weighted by Crippen LogP contribution is 2.43. The fraction of sp³-hybridized carbons (Fsp3) is 0.949. The molecule has 0 aliphatic heterocycles. The van der Waals surface area contributed by atoms with Crippen LogP contribution in [0.5, 0.6) is 0 Å². The lowest BCUT2D eigenvalue weighted by Gasteiger charge is -2.24. The van der Waals surface area contributed by atoms with Crippen molar-refractivity contribution in [2.24, 2.45) is 5.92 Å². The first kappa shape index (κ1) is 48.0. The SMILES string of the molecule is CCCCCCCCCCCCCCCC(=O)OC[C@H](COP(=O)(O)OCC[N+](C)(C)C)OC(=O)CCCCCCCCCC[C@H](C)CC. The number of hydrogen-bond donors (Lipinski definition) is 1. The minimum absolute atomic E-state index is 0.0356. The maximum Gasteiger partial charge on any atom is 0.472 e. The number of carbonyl (C=O) groups is 2. The maximum absolute atomic E-state index is 12.6. The Morgan fingerprint density at radius 3 is 1.55 bits per heavy atom. The van der Waals surface area contributed by atoms with E-state index in [2.05, 4.69) is 20.8 Å². The summed E-state index contributed by atoms with van der Waals surface area (Å²) in [7, 11) is 1.49. The molecule has 0 saturated heterocycles. The van der Waals surface area contributed by atoms with Gasteiger partial charge in [0.1, 0.15) is 19.8 Å². The number of nitrogens with zero attached hydrogens (tertiary/aromatic N) is 1. The molecule has 0 aromatic heterocycles. The first-order chi connectivity index (χ1) is 23.4. The lowest BCUT2D eigenvalue weighted by molar-refractivity contribution is -0.870. The van der Waals surface area contributed by atoms with Gasteiger partial charge >= 0.3 is 19.8 Å². The monoisotopic (exact) mass is 721 g/mol. The Morgan fingerprint density at radius 2 is 1.08 bits per heavy atom. The van der Waals surface area contributed by atoms with Gasteiger partial charge in [-0.2, -0.15) is 0 Å². The van der Waals surface area contributed by atoms with E-state index in [1.165, 1.54) is 109 Å². The summed E-state index contributed by atoms with van der Waals surface area (Å²) in [5.74, 6) is 0.0338. The zero-order chi connectivity index (χ0) is 36.6. The van der Waals surface area contributed by atoms with Gasteiger partial charge in [0.2, 0.25) is 0 Å². The molecule has 292 valence electrons. The third-order valence-corrected chi connectivity index (χ3v) is 10.2. The Labute approximate surface area is 302 Å². The normalized spacial score (nSPS) is 14.3. The number of unbranched alkanes of at least 4 members (excludes halogenated alkanes) is 19. The van der Waals surface area contributed by atoms with Crippen LogP contribution in [0.25, 0.3) is 0 Å². The summed E-state index contributed by atoms with van der Waals surface area (Å²) in [4.78, 5) is 35.2. The molecule has 0 radical (unpaired) electrons. The topological polar surface area (TPSA) is 108 Å². The molecule has 49 heavy (non-hydrogen) atoms.